The predicted molar refractivity (Wildman–Crippen MR) is 68.4 cm³/mol. The van der Waals surface area contributed by atoms with Crippen LogP contribution in [0.4, 0.5) is 5.69 Å². The van der Waals surface area contributed by atoms with Gasteiger partial charge in [-0.3, -0.25) is 9.59 Å². The van der Waals surface area contributed by atoms with Crippen LogP contribution in [0.5, 0.6) is 0 Å². The van der Waals surface area contributed by atoms with E-state index >= 15 is 0 Å². The molecule has 6 nitrogen and oxygen atoms in total. The van der Waals surface area contributed by atoms with Crippen molar-refractivity contribution in [2.75, 3.05) is 12.4 Å². The van der Waals surface area contributed by atoms with Crippen molar-refractivity contribution in [2.45, 2.75) is 38.3 Å². The zero-order valence-corrected chi connectivity index (χ0v) is 10.5. The van der Waals surface area contributed by atoms with Gasteiger partial charge in [-0.15, -0.1) is 0 Å². The number of aromatic nitrogens is 2. The monoisotopic (exact) mass is 250 g/mol. The highest BCUT2D eigenvalue weighted by Crippen LogP contribution is 2.17. The summed E-state index contributed by atoms with van der Waals surface area (Å²) in [6, 6.07) is 1.69. The molecule has 18 heavy (non-hydrogen) atoms. The number of amides is 1. The Bertz CT molecular complexity index is 477. The molecule has 1 aromatic heterocycles. The van der Waals surface area contributed by atoms with E-state index in [9.17, 15) is 9.59 Å². The Labute approximate surface area is 105 Å². The van der Waals surface area contributed by atoms with Crippen LogP contribution in [-0.2, 0) is 11.3 Å². The Morgan fingerprint density at radius 2 is 2.22 bits per heavy atom. The van der Waals surface area contributed by atoms with Gasteiger partial charge in [-0.05, 0) is 12.8 Å². The molecule has 98 valence electrons. The first kappa shape index (κ1) is 12.6. The maximum atomic E-state index is 11.7. The van der Waals surface area contributed by atoms with E-state index in [0.29, 0.717) is 5.69 Å². The number of carbonyl (C=O) groups is 1. The Balaban J connectivity index is 1.96. The Morgan fingerprint density at radius 1 is 1.50 bits per heavy atom. The average molecular weight is 250 g/mol. The number of nitrogens with zero attached hydrogens (tertiary/aromatic N) is 2. The number of nitrogens with one attached hydrogen (secondary N) is 2. The van der Waals surface area contributed by atoms with E-state index in [2.05, 4.69) is 15.7 Å². The fraction of sp³-hybridized carbons (Fsp3) is 0.583. The molecule has 2 rings (SSSR count). The molecule has 0 spiro atoms. The summed E-state index contributed by atoms with van der Waals surface area (Å²) < 4.78 is 1.17. The highest BCUT2D eigenvalue weighted by atomic mass is 16.2. The van der Waals surface area contributed by atoms with E-state index in [0.717, 1.165) is 12.8 Å². The summed E-state index contributed by atoms with van der Waals surface area (Å²) in [5, 5.41) is 9.70. The maximum absolute atomic E-state index is 11.7. The summed E-state index contributed by atoms with van der Waals surface area (Å²) in [7, 11) is 1.72. The minimum absolute atomic E-state index is 0.0146. The third-order valence-corrected chi connectivity index (χ3v) is 3.17. The van der Waals surface area contributed by atoms with E-state index in [1.54, 1.807) is 7.05 Å². The van der Waals surface area contributed by atoms with Crippen LogP contribution in [-0.4, -0.2) is 28.8 Å². The molecule has 2 N–H and O–H groups in total. The van der Waals surface area contributed by atoms with Gasteiger partial charge >= 0.3 is 0 Å². The molecule has 1 heterocycles. The molecular weight excluding hydrogens is 232 g/mol. The van der Waals surface area contributed by atoms with Gasteiger partial charge in [0.25, 0.3) is 5.56 Å². The topological polar surface area (TPSA) is 76.0 Å². The SMILES string of the molecule is CNc1cnn(CC(=O)NC2CCCC2)c(=O)c1. The van der Waals surface area contributed by atoms with Crippen LogP contribution in [0.3, 0.4) is 0 Å². The van der Waals surface area contributed by atoms with E-state index in [4.69, 9.17) is 0 Å². The number of carbonyl (C=O) groups excluding carboxylic acids is 1. The van der Waals surface area contributed by atoms with Crippen LogP contribution in [0.2, 0.25) is 0 Å². The first-order valence-electron chi connectivity index (χ1n) is 6.23. The van der Waals surface area contributed by atoms with Gasteiger partial charge < -0.3 is 10.6 Å². The molecule has 0 unspecified atom stereocenters. The normalized spacial score (nSPS) is 15.6. The minimum Gasteiger partial charge on any atom is -0.387 e. The van der Waals surface area contributed by atoms with Crippen LogP contribution in [0.15, 0.2) is 17.1 Å². The standard InChI is InChI=1S/C12H18N4O2/c1-13-10-6-12(18)16(14-7-10)8-11(17)15-9-4-2-3-5-9/h6-7,9,13H,2-5,8H2,1H3,(H,15,17). The van der Waals surface area contributed by atoms with Crippen molar-refractivity contribution in [2.24, 2.45) is 0 Å². The van der Waals surface area contributed by atoms with Gasteiger partial charge in [-0.2, -0.15) is 5.10 Å². The third kappa shape index (κ3) is 3.09. The molecule has 1 fully saturated rings. The molecule has 0 bridgehead atoms. The first-order chi connectivity index (χ1) is 8.69. The summed E-state index contributed by atoms with van der Waals surface area (Å²) in [5.41, 5.74) is 0.371. The molecule has 1 saturated carbocycles. The molecular formula is C12H18N4O2. The van der Waals surface area contributed by atoms with Gasteiger partial charge in [-0.25, -0.2) is 4.68 Å². The maximum Gasteiger partial charge on any atom is 0.269 e. The summed E-state index contributed by atoms with van der Waals surface area (Å²) >= 11 is 0. The lowest BCUT2D eigenvalue weighted by Gasteiger charge is -2.12. The number of rotatable bonds is 4. The Hall–Kier alpha value is -1.85. The molecule has 1 aliphatic carbocycles. The Morgan fingerprint density at radius 3 is 2.83 bits per heavy atom. The fourth-order valence-corrected chi connectivity index (χ4v) is 2.17. The lowest BCUT2D eigenvalue weighted by atomic mass is 10.2. The third-order valence-electron chi connectivity index (χ3n) is 3.17. The highest BCUT2D eigenvalue weighted by molar-refractivity contribution is 5.75. The largest absolute Gasteiger partial charge is 0.387 e. The molecule has 0 atom stereocenters. The quantitative estimate of drug-likeness (QED) is 0.808. The van der Waals surface area contributed by atoms with E-state index in [-0.39, 0.29) is 24.1 Å². The lowest BCUT2D eigenvalue weighted by molar-refractivity contribution is -0.122. The van der Waals surface area contributed by atoms with Crippen molar-refractivity contribution in [1.29, 1.82) is 0 Å². The molecule has 0 saturated heterocycles. The molecule has 0 aliphatic heterocycles. The second-order valence-electron chi connectivity index (χ2n) is 4.54. The fourth-order valence-electron chi connectivity index (χ4n) is 2.17. The molecule has 1 aliphatic rings. The van der Waals surface area contributed by atoms with Crippen molar-refractivity contribution < 1.29 is 4.79 Å². The van der Waals surface area contributed by atoms with Crippen molar-refractivity contribution >= 4 is 11.6 Å². The van der Waals surface area contributed by atoms with Crippen LogP contribution in [0, 0.1) is 0 Å². The zero-order chi connectivity index (χ0) is 13.0. The minimum atomic E-state index is -0.275. The van der Waals surface area contributed by atoms with E-state index in [1.807, 2.05) is 0 Å². The van der Waals surface area contributed by atoms with Crippen molar-refractivity contribution in [1.82, 2.24) is 15.1 Å². The average Bonchev–Trinajstić information content (AvgIpc) is 2.84. The molecule has 1 amide bonds. The predicted octanol–water partition coefficient (Wildman–Crippen LogP) is 0.344. The Kier molecular flexibility index (Phi) is 3.96. The van der Waals surface area contributed by atoms with Crippen molar-refractivity contribution in [3.63, 3.8) is 0 Å². The van der Waals surface area contributed by atoms with Crippen LogP contribution in [0.25, 0.3) is 0 Å². The van der Waals surface area contributed by atoms with E-state index < -0.39 is 0 Å². The zero-order valence-electron chi connectivity index (χ0n) is 10.5. The molecule has 6 heteroatoms. The summed E-state index contributed by atoms with van der Waals surface area (Å²) in [6.07, 6.45) is 5.93. The summed E-state index contributed by atoms with van der Waals surface area (Å²) in [4.78, 5) is 23.4. The van der Waals surface area contributed by atoms with Gasteiger partial charge in [0.2, 0.25) is 5.91 Å². The van der Waals surface area contributed by atoms with Gasteiger partial charge in [0, 0.05) is 19.2 Å². The van der Waals surface area contributed by atoms with E-state index in [1.165, 1.54) is 29.8 Å². The van der Waals surface area contributed by atoms with Gasteiger partial charge in [0.1, 0.15) is 6.54 Å². The second-order valence-corrected chi connectivity index (χ2v) is 4.54. The summed E-state index contributed by atoms with van der Waals surface area (Å²) in [5.74, 6) is -0.145. The lowest BCUT2D eigenvalue weighted by Crippen LogP contribution is -2.38. The number of hydrogen-bond acceptors (Lipinski definition) is 4. The number of anilines is 1. The van der Waals surface area contributed by atoms with Crippen LogP contribution in [0.1, 0.15) is 25.7 Å². The van der Waals surface area contributed by atoms with Crippen molar-refractivity contribution in [3.05, 3.63) is 22.6 Å². The molecule has 1 aromatic rings. The van der Waals surface area contributed by atoms with Crippen LogP contribution >= 0.6 is 0 Å². The van der Waals surface area contributed by atoms with Gasteiger partial charge in [0.15, 0.2) is 0 Å². The first-order valence-corrected chi connectivity index (χ1v) is 6.23. The van der Waals surface area contributed by atoms with Crippen molar-refractivity contribution in [3.8, 4) is 0 Å². The molecule has 0 aromatic carbocycles. The van der Waals surface area contributed by atoms with Gasteiger partial charge in [-0.1, -0.05) is 12.8 Å². The summed E-state index contributed by atoms with van der Waals surface area (Å²) in [6.45, 7) is -0.0146. The number of hydrogen-bond donors (Lipinski definition) is 2. The second kappa shape index (κ2) is 5.66. The van der Waals surface area contributed by atoms with Gasteiger partial charge in [0.05, 0.1) is 11.9 Å². The van der Waals surface area contributed by atoms with Crippen LogP contribution < -0.4 is 16.2 Å². The molecule has 0 radical (unpaired) electrons. The highest BCUT2D eigenvalue weighted by Gasteiger charge is 2.17. The smallest absolute Gasteiger partial charge is 0.269 e.